The van der Waals surface area contributed by atoms with Gasteiger partial charge in [-0.2, -0.15) is 0 Å². The third-order valence-electron chi connectivity index (χ3n) is 3.49. The van der Waals surface area contributed by atoms with Crippen molar-refractivity contribution in [1.29, 1.82) is 0 Å². The summed E-state index contributed by atoms with van der Waals surface area (Å²) in [6.45, 7) is 2.88. The van der Waals surface area contributed by atoms with Crippen molar-refractivity contribution in [2.24, 2.45) is 0 Å². The second-order valence-corrected chi connectivity index (χ2v) is 6.63. The minimum atomic E-state index is -0.601. The summed E-state index contributed by atoms with van der Waals surface area (Å²) in [6.07, 6.45) is 0.120. The Balaban J connectivity index is 2.45. The van der Waals surface area contributed by atoms with Gasteiger partial charge in [0.1, 0.15) is 10.4 Å². The van der Waals surface area contributed by atoms with E-state index in [1.54, 1.807) is 13.0 Å². The van der Waals surface area contributed by atoms with Crippen LogP contribution in [0.2, 0.25) is 5.02 Å². The zero-order valence-electron chi connectivity index (χ0n) is 14.4. The zero-order valence-corrected chi connectivity index (χ0v) is 16.8. The van der Waals surface area contributed by atoms with Crippen molar-refractivity contribution in [3.05, 3.63) is 55.6 Å². The number of halogens is 2. The number of nitrogens with zero attached hydrogens (tertiary/aromatic N) is 3. The second kappa shape index (κ2) is 8.92. The highest BCUT2D eigenvalue weighted by Crippen LogP contribution is 2.31. The van der Waals surface area contributed by atoms with Crippen LogP contribution in [0.3, 0.4) is 0 Å². The number of nitro groups is 1. The van der Waals surface area contributed by atoms with E-state index in [4.69, 9.17) is 16.3 Å². The fourth-order valence-corrected chi connectivity index (χ4v) is 2.82. The first-order valence-electron chi connectivity index (χ1n) is 7.81. The second-order valence-electron chi connectivity index (χ2n) is 5.41. The van der Waals surface area contributed by atoms with Crippen LogP contribution in [0.1, 0.15) is 25.8 Å². The molecule has 2 rings (SSSR count). The molecule has 2 aromatic rings. The summed E-state index contributed by atoms with van der Waals surface area (Å²) in [7, 11) is 0. The van der Waals surface area contributed by atoms with E-state index in [2.05, 4.69) is 20.9 Å². The molecule has 0 atom stereocenters. The van der Waals surface area contributed by atoms with Crippen molar-refractivity contribution < 1.29 is 19.2 Å². The van der Waals surface area contributed by atoms with Crippen molar-refractivity contribution in [1.82, 2.24) is 4.98 Å². The van der Waals surface area contributed by atoms with Crippen LogP contribution in [0.5, 0.6) is 5.75 Å². The first-order valence-corrected chi connectivity index (χ1v) is 8.98. The molecule has 142 valence electrons. The number of ether oxygens (including phenoxy) is 1. The number of benzene rings is 1. The number of pyridine rings is 1. The van der Waals surface area contributed by atoms with Crippen molar-refractivity contribution >= 4 is 50.9 Å². The molecule has 27 heavy (non-hydrogen) atoms. The predicted molar refractivity (Wildman–Crippen MR) is 103 cm³/mol. The number of rotatable bonds is 6. The van der Waals surface area contributed by atoms with Crippen molar-refractivity contribution in [3.8, 4) is 5.75 Å². The Hall–Kier alpha value is -2.52. The molecule has 0 aliphatic rings. The van der Waals surface area contributed by atoms with E-state index in [9.17, 15) is 19.7 Å². The lowest BCUT2D eigenvalue weighted by Crippen LogP contribution is -2.31. The maximum atomic E-state index is 12.5. The van der Waals surface area contributed by atoms with Crippen molar-refractivity contribution in [3.63, 3.8) is 0 Å². The van der Waals surface area contributed by atoms with Gasteiger partial charge in [-0.15, -0.1) is 0 Å². The average Bonchev–Trinajstić information content (AvgIpc) is 2.59. The van der Waals surface area contributed by atoms with Gasteiger partial charge in [0.05, 0.1) is 11.5 Å². The number of carbonyl (C=O) groups excluding carboxylic acids is 2. The van der Waals surface area contributed by atoms with E-state index in [1.807, 2.05) is 0 Å². The summed E-state index contributed by atoms with van der Waals surface area (Å²) >= 11 is 9.40. The van der Waals surface area contributed by atoms with E-state index >= 15 is 0 Å². The Morgan fingerprint density at radius 1 is 1.33 bits per heavy atom. The molecule has 8 nitrogen and oxygen atoms in total. The first kappa shape index (κ1) is 20.8. The molecule has 1 aromatic heterocycles. The van der Waals surface area contributed by atoms with Gasteiger partial charge >= 0.3 is 11.7 Å². The van der Waals surface area contributed by atoms with E-state index in [0.717, 1.165) is 0 Å². The Labute approximate surface area is 168 Å². The van der Waals surface area contributed by atoms with Crippen LogP contribution < -0.4 is 9.64 Å². The van der Waals surface area contributed by atoms with E-state index in [0.29, 0.717) is 10.2 Å². The van der Waals surface area contributed by atoms with Gasteiger partial charge in [-0.3, -0.25) is 24.6 Å². The molecule has 0 saturated heterocycles. The number of hydrogen-bond donors (Lipinski definition) is 0. The maximum absolute atomic E-state index is 12.5. The Kier molecular flexibility index (Phi) is 6.86. The highest BCUT2D eigenvalue weighted by atomic mass is 79.9. The predicted octanol–water partition coefficient (Wildman–Crippen LogP) is 4.27. The van der Waals surface area contributed by atoms with Crippen LogP contribution in [0.15, 0.2) is 34.9 Å². The first-order chi connectivity index (χ1) is 12.7. The van der Waals surface area contributed by atoms with E-state index in [-0.39, 0.29) is 41.2 Å². The zero-order chi connectivity index (χ0) is 20.1. The molecule has 1 heterocycles. The number of anilines is 1. The molecule has 0 bridgehead atoms. The van der Waals surface area contributed by atoms with Gasteiger partial charge in [0.2, 0.25) is 11.7 Å². The van der Waals surface area contributed by atoms with Gasteiger partial charge in [-0.1, -0.05) is 24.6 Å². The highest BCUT2D eigenvalue weighted by molar-refractivity contribution is 9.10. The van der Waals surface area contributed by atoms with Gasteiger partial charge in [-0.05, 0) is 39.7 Å². The molecule has 0 aliphatic carbocycles. The molecule has 0 saturated carbocycles. The Bertz CT molecular complexity index is 906. The average molecular weight is 457 g/mol. The lowest BCUT2D eigenvalue weighted by Gasteiger charge is -2.22. The van der Waals surface area contributed by atoms with Crippen LogP contribution in [0.25, 0.3) is 0 Å². The van der Waals surface area contributed by atoms with Crippen molar-refractivity contribution in [2.75, 3.05) is 4.90 Å². The summed E-state index contributed by atoms with van der Waals surface area (Å²) in [6, 6.07) is 7.25. The molecule has 1 aromatic carbocycles. The van der Waals surface area contributed by atoms with E-state index < -0.39 is 10.9 Å². The number of amides is 1. The topological polar surface area (TPSA) is 103 Å². The van der Waals surface area contributed by atoms with Crippen LogP contribution in [0, 0.1) is 10.1 Å². The molecule has 0 aliphatic heterocycles. The molecule has 0 unspecified atom stereocenters. The molecular weight excluding hydrogens is 442 g/mol. The van der Waals surface area contributed by atoms with Crippen LogP contribution >= 0.6 is 27.5 Å². The summed E-state index contributed by atoms with van der Waals surface area (Å²) in [4.78, 5) is 39.6. The van der Waals surface area contributed by atoms with Crippen LogP contribution in [-0.2, 0) is 16.1 Å². The van der Waals surface area contributed by atoms with Gasteiger partial charge in [0.25, 0.3) is 0 Å². The fraction of sp³-hybridized carbons (Fsp3) is 0.235. The highest BCUT2D eigenvalue weighted by Gasteiger charge is 2.26. The molecule has 0 radical (unpaired) electrons. The van der Waals surface area contributed by atoms with Gasteiger partial charge in [-0.25, -0.2) is 4.98 Å². The quantitative estimate of drug-likeness (QED) is 0.211. The third-order valence-corrected chi connectivity index (χ3v) is 4.28. The number of hydrogen-bond acceptors (Lipinski definition) is 6. The number of aromatic nitrogens is 1. The summed E-state index contributed by atoms with van der Waals surface area (Å²) in [5.41, 5.74) is 0.220. The monoisotopic (exact) mass is 455 g/mol. The molecule has 1 amide bonds. The largest absolute Gasteiger partial charge is 0.427 e. The van der Waals surface area contributed by atoms with Gasteiger partial charge in [0, 0.05) is 24.4 Å². The maximum Gasteiger partial charge on any atom is 0.312 e. The molecule has 10 heteroatoms. The summed E-state index contributed by atoms with van der Waals surface area (Å²) < 4.78 is 5.32. The Morgan fingerprint density at radius 3 is 2.59 bits per heavy atom. The van der Waals surface area contributed by atoms with Gasteiger partial charge in [0.15, 0.2) is 0 Å². The fourth-order valence-electron chi connectivity index (χ4n) is 2.29. The SMILES string of the molecule is CCC(=O)N(Cc1ccc(OC(C)=O)cc1Cl)c1nc(Br)ccc1[N+](=O)[O-]. The normalized spacial score (nSPS) is 10.4. The molecule has 0 spiro atoms. The van der Waals surface area contributed by atoms with E-state index in [1.165, 1.54) is 36.1 Å². The molecular formula is C17H15BrClN3O5. The third kappa shape index (κ3) is 5.24. The van der Waals surface area contributed by atoms with Crippen LogP contribution in [0.4, 0.5) is 11.5 Å². The van der Waals surface area contributed by atoms with Gasteiger partial charge < -0.3 is 4.74 Å². The van der Waals surface area contributed by atoms with Crippen LogP contribution in [-0.4, -0.2) is 21.8 Å². The lowest BCUT2D eigenvalue weighted by molar-refractivity contribution is -0.384. The summed E-state index contributed by atoms with van der Waals surface area (Å²) in [5, 5.41) is 11.6. The van der Waals surface area contributed by atoms with Crippen molar-refractivity contribution in [2.45, 2.75) is 26.8 Å². The summed E-state index contributed by atoms with van der Waals surface area (Å²) in [5.74, 6) is -0.670. The molecule has 0 N–H and O–H groups in total. The standard InChI is InChI=1S/C17H15BrClN3O5/c1-3-16(24)21(17-14(22(25)26)6-7-15(18)20-17)9-11-4-5-12(8-13(11)19)27-10(2)23/h4-8H,3,9H2,1-2H3. The minimum absolute atomic E-state index is 0.0316. The number of carbonyl (C=O) groups is 2. The molecule has 0 fully saturated rings. The Morgan fingerprint density at radius 2 is 2.04 bits per heavy atom. The number of esters is 1. The lowest BCUT2D eigenvalue weighted by atomic mass is 10.2. The smallest absolute Gasteiger partial charge is 0.312 e. The minimum Gasteiger partial charge on any atom is -0.427 e.